The van der Waals surface area contributed by atoms with Crippen LogP contribution in [0.3, 0.4) is 0 Å². The van der Waals surface area contributed by atoms with Crippen molar-refractivity contribution < 1.29 is 9.53 Å². The van der Waals surface area contributed by atoms with Gasteiger partial charge in [0.1, 0.15) is 5.69 Å². The highest BCUT2D eigenvalue weighted by molar-refractivity contribution is 5.89. The molecule has 0 atom stereocenters. The maximum Gasteiger partial charge on any atom is 0.356 e. The SMILES string of the molecule is CCOC(=O)c1c2c(nn1C)CCC2. The van der Waals surface area contributed by atoms with E-state index < -0.39 is 0 Å². The van der Waals surface area contributed by atoms with Crippen LogP contribution in [0.25, 0.3) is 0 Å². The van der Waals surface area contributed by atoms with Gasteiger partial charge in [0.15, 0.2) is 0 Å². The first-order valence-electron chi connectivity index (χ1n) is 4.96. The molecule has 0 spiro atoms. The Morgan fingerprint density at radius 2 is 2.36 bits per heavy atom. The Bertz CT molecular complexity index is 368. The molecule has 0 N–H and O–H groups in total. The Morgan fingerprint density at radius 1 is 1.57 bits per heavy atom. The molecule has 0 radical (unpaired) electrons. The van der Waals surface area contributed by atoms with Crippen molar-refractivity contribution in [2.75, 3.05) is 6.61 Å². The minimum Gasteiger partial charge on any atom is -0.461 e. The topological polar surface area (TPSA) is 44.1 Å². The first-order chi connectivity index (χ1) is 6.74. The van der Waals surface area contributed by atoms with Crippen LogP contribution in [0.2, 0.25) is 0 Å². The van der Waals surface area contributed by atoms with E-state index in [4.69, 9.17) is 4.74 Å². The zero-order chi connectivity index (χ0) is 10.1. The first-order valence-corrected chi connectivity index (χ1v) is 4.96. The predicted octanol–water partition coefficient (Wildman–Crippen LogP) is 1.09. The molecular weight excluding hydrogens is 180 g/mol. The molecule has 4 nitrogen and oxygen atoms in total. The van der Waals surface area contributed by atoms with Gasteiger partial charge in [0.2, 0.25) is 0 Å². The molecule has 1 heterocycles. The van der Waals surface area contributed by atoms with E-state index in [0.717, 1.165) is 30.5 Å². The van der Waals surface area contributed by atoms with Gasteiger partial charge in [-0.05, 0) is 26.2 Å². The van der Waals surface area contributed by atoms with E-state index in [1.165, 1.54) is 0 Å². The number of rotatable bonds is 2. The molecule has 0 unspecified atom stereocenters. The maximum absolute atomic E-state index is 11.6. The summed E-state index contributed by atoms with van der Waals surface area (Å²) in [6, 6.07) is 0. The van der Waals surface area contributed by atoms with Gasteiger partial charge in [-0.3, -0.25) is 4.68 Å². The van der Waals surface area contributed by atoms with Gasteiger partial charge in [0, 0.05) is 12.6 Å². The van der Waals surface area contributed by atoms with Crippen LogP contribution in [0.5, 0.6) is 0 Å². The highest BCUT2D eigenvalue weighted by Gasteiger charge is 2.25. The second-order valence-electron chi connectivity index (χ2n) is 3.47. The van der Waals surface area contributed by atoms with E-state index in [-0.39, 0.29) is 5.97 Å². The van der Waals surface area contributed by atoms with Crippen molar-refractivity contribution in [1.29, 1.82) is 0 Å². The van der Waals surface area contributed by atoms with E-state index in [0.29, 0.717) is 12.3 Å². The van der Waals surface area contributed by atoms with Gasteiger partial charge < -0.3 is 4.74 Å². The normalized spacial score (nSPS) is 14.1. The lowest BCUT2D eigenvalue weighted by Crippen LogP contribution is -2.12. The number of hydrogen-bond acceptors (Lipinski definition) is 3. The lowest BCUT2D eigenvalue weighted by atomic mass is 10.2. The van der Waals surface area contributed by atoms with Gasteiger partial charge in [0.25, 0.3) is 0 Å². The van der Waals surface area contributed by atoms with Crippen molar-refractivity contribution in [2.45, 2.75) is 26.2 Å². The average Bonchev–Trinajstić information content (AvgIpc) is 2.63. The van der Waals surface area contributed by atoms with Crippen LogP contribution >= 0.6 is 0 Å². The van der Waals surface area contributed by atoms with Crippen molar-refractivity contribution in [3.05, 3.63) is 17.0 Å². The third kappa shape index (κ3) is 1.31. The molecule has 0 aromatic carbocycles. The van der Waals surface area contributed by atoms with Crippen molar-refractivity contribution >= 4 is 5.97 Å². The Hall–Kier alpha value is -1.32. The van der Waals surface area contributed by atoms with Crippen LogP contribution in [0.4, 0.5) is 0 Å². The zero-order valence-corrected chi connectivity index (χ0v) is 8.54. The first kappa shape index (κ1) is 9.24. The van der Waals surface area contributed by atoms with E-state index >= 15 is 0 Å². The number of ether oxygens (including phenoxy) is 1. The summed E-state index contributed by atoms with van der Waals surface area (Å²) in [6.45, 7) is 2.23. The molecule has 0 saturated heterocycles. The fourth-order valence-corrected chi connectivity index (χ4v) is 1.97. The van der Waals surface area contributed by atoms with Crippen LogP contribution in [0.15, 0.2) is 0 Å². The minimum atomic E-state index is -0.245. The summed E-state index contributed by atoms with van der Waals surface area (Å²) in [5.74, 6) is -0.245. The second-order valence-corrected chi connectivity index (χ2v) is 3.47. The molecule has 2 rings (SSSR count). The predicted molar refractivity (Wildman–Crippen MR) is 51.2 cm³/mol. The van der Waals surface area contributed by atoms with Gasteiger partial charge in [0.05, 0.1) is 12.3 Å². The van der Waals surface area contributed by atoms with Gasteiger partial charge in [-0.15, -0.1) is 0 Å². The van der Waals surface area contributed by atoms with E-state index in [2.05, 4.69) is 5.10 Å². The monoisotopic (exact) mass is 194 g/mol. The molecule has 76 valence electrons. The lowest BCUT2D eigenvalue weighted by molar-refractivity contribution is 0.0512. The largest absolute Gasteiger partial charge is 0.461 e. The summed E-state index contributed by atoms with van der Waals surface area (Å²) in [5.41, 5.74) is 2.79. The van der Waals surface area contributed by atoms with Gasteiger partial charge in [-0.2, -0.15) is 5.10 Å². The Kier molecular flexibility index (Phi) is 2.27. The molecular formula is C10H14N2O2. The highest BCUT2D eigenvalue weighted by atomic mass is 16.5. The highest BCUT2D eigenvalue weighted by Crippen LogP contribution is 2.24. The molecule has 1 aromatic rings. The third-order valence-electron chi connectivity index (χ3n) is 2.54. The zero-order valence-electron chi connectivity index (χ0n) is 8.54. The molecule has 0 amide bonds. The molecule has 1 aromatic heterocycles. The van der Waals surface area contributed by atoms with E-state index in [1.54, 1.807) is 11.7 Å². The van der Waals surface area contributed by atoms with E-state index in [9.17, 15) is 4.79 Å². The van der Waals surface area contributed by atoms with E-state index in [1.807, 2.05) is 6.92 Å². The van der Waals surface area contributed by atoms with Crippen LogP contribution < -0.4 is 0 Å². The summed E-state index contributed by atoms with van der Waals surface area (Å²) < 4.78 is 6.63. The van der Waals surface area contributed by atoms with Crippen LogP contribution in [0, 0.1) is 0 Å². The number of carbonyl (C=O) groups is 1. The molecule has 0 bridgehead atoms. The fourth-order valence-electron chi connectivity index (χ4n) is 1.97. The van der Waals surface area contributed by atoms with Crippen LogP contribution in [-0.2, 0) is 24.6 Å². The number of hydrogen-bond donors (Lipinski definition) is 0. The van der Waals surface area contributed by atoms with Crippen molar-refractivity contribution in [2.24, 2.45) is 7.05 Å². The summed E-state index contributed by atoms with van der Waals surface area (Å²) in [6.07, 6.45) is 3.05. The van der Waals surface area contributed by atoms with Gasteiger partial charge in [-0.25, -0.2) is 4.79 Å². The standard InChI is InChI=1S/C10H14N2O2/c1-3-14-10(13)9-7-5-4-6-8(7)11-12(9)2/h3-6H2,1-2H3. The Balaban J connectivity index is 2.37. The molecule has 14 heavy (non-hydrogen) atoms. The van der Waals surface area contributed by atoms with Crippen LogP contribution in [-0.4, -0.2) is 22.4 Å². The van der Waals surface area contributed by atoms with Gasteiger partial charge in [-0.1, -0.05) is 0 Å². The van der Waals surface area contributed by atoms with Crippen molar-refractivity contribution in [1.82, 2.24) is 9.78 Å². The number of carbonyl (C=O) groups excluding carboxylic acids is 1. The number of aryl methyl sites for hydroxylation is 2. The summed E-state index contributed by atoms with van der Waals surface area (Å²) >= 11 is 0. The molecule has 0 saturated carbocycles. The number of fused-ring (bicyclic) bond motifs is 1. The second kappa shape index (κ2) is 3.44. The Labute approximate surface area is 82.9 Å². The van der Waals surface area contributed by atoms with Gasteiger partial charge >= 0.3 is 5.97 Å². The molecule has 1 aliphatic rings. The molecule has 4 heteroatoms. The lowest BCUT2D eigenvalue weighted by Gasteiger charge is -2.03. The third-order valence-corrected chi connectivity index (χ3v) is 2.54. The quantitative estimate of drug-likeness (QED) is 0.662. The molecule has 0 fully saturated rings. The minimum absolute atomic E-state index is 0.245. The smallest absolute Gasteiger partial charge is 0.356 e. The summed E-state index contributed by atoms with van der Waals surface area (Å²) in [7, 11) is 1.80. The Morgan fingerprint density at radius 3 is 3.07 bits per heavy atom. The molecule has 0 aliphatic heterocycles. The van der Waals surface area contributed by atoms with Crippen LogP contribution in [0.1, 0.15) is 35.1 Å². The summed E-state index contributed by atoms with van der Waals surface area (Å²) in [4.78, 5) is 11.6. The van der Waals surface area contributed by atoms with Crippen molar-refractivity contribution in [3.8, 4) is 0 Å². The fraction of sp³-hybridized carbons (Fsp3) is 0.600. The number of aromatic nitrogens is 2. The molecule has 1 aliphatic carbocycles. The average molecular weight is 194 g/mol. The number of esters is 1. The maximum atomic E-state index is 11.6. The number of nitrogens with zero attached hydrogens (tertiary/aromatic N) is 2. The summed E-state index contributed by atoms with van der Waals surface area (Å²) in [5, 5.41) is 4.31. The van der Waals surface area contributed by atoms with Crippen molar-refractivity contribution in [3.63, 3.8) is 0 Å².